The first-order valence-corrected chi connectivity index (χ1v) is 8.02. The Morgan fingerprint density at radius 2 is 2.04 bits per heavy atom. The van der Waals surface area contributed by atoms with Gasteiger partial charge < -0.3 is 10.1 Å². The van der Waals surface area contributed by atoms with Crippen LogP contribution in [0.25, 0.3) is 0 Å². The molecule has 0 aliphatic heterocycles. The van der Waals surface area contributed by atoms with E-state index in [1.54, 1.807) is 24.3 Å². The summed E-state index contributed by atoms with van der Waals surface area (Å²) in [7, 11) is 0. The lowest BCUT2D eigenvalue weighted by Crippen LogP contribution is -2.25. The first-order chi connectivity index (χ1) is 11.3. The Morgan fingerprint density at radius 3 is 2.75 bits per heavy atom. The first-order valence-electron chi connectivity index (χ1n) is 6.94. The van der Waals surface area contributed by atoms with Gasteiger partial charge in [-0.15, -0.1) is 0 Å². The van der Waals surface area contributed by atoms with Gasteiger partial charge in [-0.2, -0.15) is 13.2 Å². The summed E-state index contributed by atoms with van der Waals surface area (Å²) in [5.74, 6) is -0.456. The molecule has 0 fully saturated rings. The number of amides is 1. The van der Waals surface area contributed by atoms with Crippen molar-refractivity contribution in [3.05, 3.63) is 56.8 Å². The van der Waals surface area contributed by atoms with Gasteiger partial charge in [0.1, 0.15) is 0 Å². The Bertz CT molecular complexity index is 736. The van der Waals surface area contributed by atoms with Crippen LogP contribution in [0.4, 0.5) is 13.2 Å². The van der Waals surface area contributed by atoms with Crippen LogP contribution in [0.2, 0.25) is 0 Å². The Hall–Kier alpha value is -1.84. The van der Waals surface area contributed by atoms with Crippen molar-refractivity contribution in [3.8, 4) is 5.88 Å². The van der Waals surface area contributed by atoms with Gasteiger partial charge in [-0.3, -0.25) is 4.79 Å². The number of aromatic nitrogens is 1. The fraction of sp³-hybridized carbons (Fsp3) is 0.250. The van der Waals surface area contributed by atoms with Crippen molar-refractivity contribution in [1.29, 1.82) is 0 Å². The smallest absolute Gasteiger partial charge is 0.422 e. The lowest BCUT2D eigenvalue weighted by Gasteiger charge is -2.13. The largest absolute Gasteiger partial charge is 0.468 e. The number of benzene rings is 1. The molecule has 0 saturated carbocycles. The minimum Gasteiger partial charge on any atom is -0.468 e. The molecule has 24 heavy (non-hydrogen) atoms. The summed E-state index contributed by atoms with van der Waals surface area (Å²) in [4.78, 5) is 16.1. The molecule has 0 atom stereocenters. The first kappa shape index (κ1) is 18.5. The maximum Gasteiger partial charge on any atom is 0.422 e. The van der Waals surface area contributed by atoms with Crippen LogP contribution in [0.1, 0.15) is 21.5 Å². The lowest BCUT2D eigenvalue weighted by atomic mass is 10.1. The summed E-state index contributed by atoms with van der Waals surface area (Å²) < 4.78 is 42.3. The fourth-order valence-corrected chi connectivity index (χ4v) is 2.54. The molecule has 0 aliphatic rings. The predicted octanol–water partition coefficient (Wildman–Crippen LogP) is 3.87. The number of nitrogens with zero attached hydrogens (tertiary/aromatic N) is 1. The normalized spacial score (nSPS) is 11.2. The van der Waals surface area contributed by atoms with Crippen LogP contribution in [0.5, 0.6) is 5.88 Å². The Morgan fingerprint density at radius 1 is 1.29 bits per heavy atom. The van der Waals surface area contributed by atoms with E-state index in [0.29, 0.717) is 11.1 Å². The number of aryl methyl sites for hydroxylation is 1. The highest BCUT2D eigenvalue weighted by atomic mass is 127. The number of halogens is 4. The summed E-state index contributed by atoms with van der Waals surface area (Å²) in [5.41, 5.74) is 1.86. The molecule has 1 N–H and O–H groups in total. The SMILES string of the molecule is Cc1cccc(C(=O)NCc2cccnc2OCC(F)(F)F)c1I. The monoisotopic (exact) mass is 450 g/mol. The number of rotatable bonds is 5. The van der Waals surface area contributed by atoms with E-state index >= 15 is 0 Å². The molecule has 0 saturated heterocycles. The zero-order chi connectivity index (χ0) is 17.7. The van der Waals surface area contributed by atoms with Crippen molar-refractivity contribution in [3.63, 3.8) is 0 Å². The molecule has 0 spiro atoms. The Kier molecular flexibility index (Phi) is 6.03. The lowest BCUT2D eigenvalue weighted by molar-refractivity contribution is -0.154. The minimum atomic E-state index is -4.45. The third-order valence-electron chi connectivity index (χ3n) is 3.10. The van der Waals surface area contributed by atoms with Crippen molar-refractivity contribution >= 4 is 28.5 Å². The van der Waals surface area contributed by atoms with Crippen molar-refractivity contribution in [2.24, 2.45) is 0 Å². The van der Waals surface area contributed by atoms with Gasteiger partial charge in [0.15, 0.2) is 6.61 Å². The third-order valence-corrected chi connectivity index (χ3v) is 4.53. The van der Waals surface area contributed by atoms with E-state index in [1.165, 1.54) is 6.20 Å². The molecule has 0 bridgehead atoms. The molecule has 0 aliphatic carbocycles. The minimum absolute atomic E-state index is 0.0177. The third kappa shape index (κ3) is 5.08. The van der Waals surface area contributed by atoms with E-state index in [-0.39, 0.29) is 18.3 Å². The second kappa shape index (κ2) is 7.82. The fourth-order valence-electron chi connectivity index (χ4n) is 1.93. The summed E-state index contributed by atoms with van der Waals surface area (Å²) in [6, 6.07) is 8.48. The summed E-state index contributed by atoms with van der Waals surface area (Å²) in [6.45, 7) is 0.480. The second-order valence-corrected chi connectivity index (χ2v) is 6.07. The molecule has 0 radical (unpaired) electrons. The maximum absolute atomic E-state index is 12.3. The summed E-state index contributed by atoms with van der Waals surface area (Å²) >= 11 is 2.08. The Balaban J connectivity index is 2.06. The topological polar surface area (TPSA) is 51.2 Å². The van der Waals surface area contributed by atoms with E-state index in [9.17, 15) is 18.0 Å². The molecule has 1 aromatic heterocycles. The highest BCUT2D eigenvalue weighted by Gasteiger charge is 2.29. The van der Waals surface area contributed by atoms with E-state index in [0.717, 1.165) is 9.13 Å². The van der Waals surface area contributed by atoms with Gasteiger partial charge in [0, 0.05) is 21.9 Å². The van der Waals surface area contributed by atoms with Crippen molar-refractivity contribution in [2.45, 2.75) is 19.6 Å². The molecule has 8 heteroatoms. The second-order valence-electron chi connectivity index (χ2n) is 4.99. The van der Waals surface area contributed by atoms with Gasteiger partial charge in [-0.1, -0.05) is 18.2 Å². The van der Waals surface area contributed by atoms with Crippen LogP contribution in [-0.4, -0.2) is 23.7 Å². The van der Waals surface area contributed by atoms with Crippen LogP contribution in [0.3, 0.4) is 0 Å². The van der Waals surface area contributed by atoms with Crippen molar-refractivity contribution in [2.75, 3.05) is 6.61 Å². The zero-order valence-electron chi connectivity index (χ0n) is 12.7. The van der Waals surface area contributed by atoms with Gasteiger partial charge in [-0.25, -0.2) is 4.98 Å². The van der Waals surface area contributed by atoms with Gasteiger partial charge in [0.25, 0.3) is 5.91 Å². The number of carbonyl (C=O) groups excluding carboxylic acids is 1. The molecule has 1 aromatic carbocycles. The summed E-state index contributed by atoms with van der Waals surface area (Å²) in [5, 5.41) is 2.68. The van der Waals surface area contributed by atoms with E-state index in [1.807, 2.05) is 13.0 Å². The molecule has 128 valence electrons. The van der Waals surface area contributed by atoms with Crippen LogP contribution >= 0.6 is 22.6 Å². The van der Waals surface area contributed by atoms with Crippen LogP contribution in [-0.2, 0) is 6.54 Å². The number of carbonyl (C=O) groups is 1. The predicted molar refractivity (Wildman–Crippen MR) is 90.9 cm³/mol. The number of hydrogen-bond donors (Lipinski definition) is 1. The van der Waals surface area contributed by atoms with Crippen molar-refractivity contribution in [1.82, 2.24) is 10.3 Å². The number of pyridine rings is 1. The summed E-state index contributed by atoms with van der Waals surface area (Å²) in [6.07, 6.45) is -3.11. The standard InChI is InChI=1S/C16H14F3IN2O2/c1-10-4-2-6-12(13(10)20)14(23)22-8-11-5-3-7-21-15(11)24-9-16(17,18)19/h2-7H,8-9H2,1H3,(H,22,23). The molecule has 0 unspecified atom stereocenters. The quantitative estimate of drug-likeness (QED) is 0.705. The van der Waals surface area contributed by atoms with Crippen LogP contribution in [0, 0.1) is 10.5 Å². The number of ether oxygens (including phenoxy) is 1. The van der Waals surface area contributed by atoms with E-state index in [2.05, 4.69) is 32.9 Å². The van der Waals surface area contributed by atoms with E-state index < -0.39 is 12.8 Å². The highest BCUT2D eigenvalue weighted by Crippen LogP contribution is 2.20. The average molecular weight is 450 g/mol. The number of nitrogens with one attached hydrogen (secondary N) is 1. The Labute approximate surface area is 150 Å². The van der Waals surface area contributed by atoms with Crippen molar-refractivity contribution < 1.29 is 22.7 Å². The van der Waals surface area contributed by atoms with Gasteiger partial charge in [0.2, 0.25) is 5.88 Å². The molecule has 1 heterocycles. The molecular formula is C16H14F3IN2O2. The highest BCUT2D eigenvalue weighted by molar-refractivity contribution is 14.1. The van der Waals surface area contributed by atoms with Gasteiger partial charge in [-0.05, 0) is 47.2 Å². The molecule has 4 nitrogen and oxygen atoms in total. The molecule has 2 aromatic rings. The average Bonchev–Trinajstić information content (AvgIpc) is 2.53. The van der Waals surface area contributed by atoms with Crippen LogP contribution < -0.4 is 10.1 Å². The number of alkyl halides is 3. The van der Waals surface area contributed by atoms with Gasteiger partial charge in [0.05, 0.1) is 5.56 Å². The zero-order valence-corrected chi connectivity index (χ0v) is 14.8. The molecule has 1 amide bonds. The maximum atomic E-state index is 12.3. The molecule has 2 rings (SSSR count). The van der Waals surface area contributed by atoms with Crippen LogP contribution in [0.15, 0.2) is 36.5 Å². The number of hydrogen-bond acceptors (Lipinski definition) is 3. The molecular weight excluding hydrogens is 436 g/mol. The van der Waals surface area contributed by atoms with E-state index in [4.69, 9.17) is 4.74 Å². The van der Waals surface area contributed by atoms with Gasteiger partial charge >= 0.3 is 6.18 Å².